The second-order valence-corrected chi connectivity index (χ2v) is 9.61. The fourth-order valence-electron chi connectivity index (χ4n) is 4.33. The van der Waals surface area contributed by atoms with Gasteiger partial charge >= 0.3 is 11.9 Å². The van der Waals surface area contributed by atoms with Crippen LogP contribution in [0.5, 0.6) is 11.5 Å². The van der Waals surface area contributed by atoms with Gasteiger partial charge in [0.15, 0.2) is 5.78 Å². The van der Waals surface area contributed by atoms with Gasteiger partial charge in [-0.25, -0.2) is 14.0 Å². The fourth-order valence-corrected chi connectivity index (χ4v) is 4.33. The Kier molecular flexibility index (Phi) is 8.55. The summed E-state index contributed by atoms with van der Waals surface area (Å²) in [6.45, 7) is 13.6. The molecule has 0 saturated heterocycles. The molecular weight excluding hydrogens is 511 g/mol. The van der Waals surface area contributed by atoms with Gasteiger partial charge in [0.25, 0.3) is 0 Å². The number of esters is 2. The van der Waals surface area contributed by atoms with Crippen LogP contribution in [0.2, 0.25) is 0 Å². The van der Waals surface area contributed by atoms with E-state index in [9.17, 15) is 14.4 Å². The van der Waals surface area contributed by atoms with E-state index in [4.69, 9.17) is 14.2 Å². The maximum absolute atomic E-state index is 15.5. The average molecular weight is 541 g/mol. The van der Waals surface area contributed by atoms with Gasteiger partial charge in [0.2, 0.25) is 0 Å². The quantitative estimate of drug-likeness (QED) is 0.158. The first-order chi connectivity index (χ1) is 19.1. The number of ketones is 1. The summed E-state index contributed by atoms with van der Waals surface area (Å²) in [4.78, 5) is 35.9. The molecule has 0 fully saturated rings. The van der Waals surface area contributed by atoms with E-state index in [1.54, 1.807) is 18.2 Å². The van der Waals surface area contributed by atoms with Gasteiger partial charge in [-0.05, 0) is 79.3 Å². The number of benzene rings is 3. The normalized spacial score (nSPS) is 13.7. The van der Waals surface area contributed by atoms with Crippen LogP contribution in [0.4, 0.5) is 4.39 Å². The SMILES string of the molecule is C=CC(=O)COC1CCc2ccc(-c3ccc(-c4ccc(OC(=O)C(=C)C)cc4OC(=O)C(=C)C)cc3F)cc21. The molecule has 1 unspecified atom stereocenters. The molecule has 0 bridgehead atoms. The van der Waals surface area contributed by atoms with Crippen molar-refractivity contribution < 1.29 is 33.0 Å². The lowest BCUT2D eigenvalue weighted by molar-refractivity contribution is -0.130. The topological polar surface area (TPSA) is 78.9 Å². The highest BCUT2D eigenvalue weighted by atomic mass is 19.1. The van der Waals surface area contributed by atoms with Crippen molar-refractivity contribution in [3.8, 4) is 33.8 Å². The van der Waals surface area contributed by atoms with Crippen LogP contribution in [0.25, 0.3) is 22.3 Å². The molecule has 1 aliphatic rings. The van der Waals surface area contributed by atoms with Gasteiger partial charge in [0.1, 0.15) is 23.9 Å². The van der Waals surface area contributed by atoms with E-state index in [-0.39, 0.29) is 41.1 Å². The lowest BCUT2D eigenvalue weighted by atomic mass is 9.96. The third-order valence-electron chi connectivity index (χ3n) is 6.48. The van der Waals surface area contributed by atoms with Crippen molar-refractivity contribution in [2.45, 2.75) is 32.8 Å². The lowest BCUT2D eigenvalue weighted by Crippen LogP contribution is -2.11. The van der Waals surface area contributed by atoms with E-state index in [0.29, 0.717) is 22.3 Å². The number of carbonyl (C=O) groups is 3. The van der Waals surface area contributed by atoms with E-state index in [0.717, 1.165) is 24.0 Å². The van der Waals surface area contributed by atoms with Crippen molar-refractivity contribution >= 4 is 17.7 Å². The minimum absolute atomic E-state index is 0.0512. The van der Waals surface area contributed by atoms with E-state index in [1.165, 1.54) is 38.1 Å². The standard InChI is InChI=1S/C33H29FO6/c1-6-24(35)18-38-30-14-10-21-7-8-22(15-28(21)30)26-12-9-23(16-29(26)34)27-13-11-25(39-32(36)19(2)3)17-31(27)40-33(37)20(4)5/h6-9,11-13,15-17,30H,1-2,4,10,14,18H2,3,5H3. The van der Waals surface area contributed by atoms with Gasteiger partial charge in [-0.3, -0.25) is 4.79 Å². The highest BCUT2D eigenvalue weighted by Gasteiger charge is 2.25. The van der Waals surface area contributed by atoms with Gasteiger partial charge in [-0.2, -0.15) is 0 Å². The zero-order valence-corrected chi connectivity index (χ0v) is 22.4. The van der Waals surface area contributed by atoms with E-state index >= 15 is 4.39 Å². The molecule has 0 N–H and O–H groups in total. The number of ether oxygens (including phenoxy) is 3. The van der Waals surface area contributed by atoms with E-state index < -0.39 is 17.8 Å². The number of hydrogen-bond donors (Lipinski definition) is 0. The highest BCUT2D eigenvalue weighted by Crippen LogP contribution is 2.39. The molecule has 1 aliphatic carbocycles. The molecule has 204 valence electrons. The van der Waals surface area contributed by atoms with Crippen LogP contribution in [-0.4, -0.2) is 24.3 Å². The van der Waals surface area contributed by atoms with Crippen molar-refractivity contribution in [1.82, 2.24) is 0 Å². The van der Waals surface area contributed by atoms with Crippen LogP contribution in [0.15, 0.2) is 91.6 Å². The monoisotopic (exact) mass is 540 g/mol. The molecule has 0 spiro atoms. The minimum atomic E-state index is -0.675. The summed E-state index contributed by atoms with van der Waals surface area (Å²) in [5.41, 5.74) is 4.34. The number of fused-ring (bicyclic) bond motifs is 1. The van der Waals surface area contributed by atoms with Gasteiger partial charge in [0, 0.05) is 28.3 Å². The Hall–Kier alpha value is -4.62. The van der Waals surface area contributed by atoms with Crippen molar-refractivity contribution in [2.75, 3.05) is 6.61 Å². The summed E-state index contributed by atoms with van der Waals surface area (Å²) >= 11 is 0. The number of halogens is 1. The summed E-state index contributed by atoms with van der Waals surface area (Å²) in [6.07, 6.45) is 2.54. The van der Waals surface area contributed by atoms with Crippen LogP contribution in [0.3, 0.4) is 0 Å². The molecular formula is C33H29FO6. The molecule has 0 radical (unpaired) electrons. The van der Waals surface area contributed by atoms with Crippen LogP contribution in [0, 0.1) is 5.82 Å². The second kappa shape index (κ2) is 12.1. The number of rotatable bonds is 10. The molecule has 40 heavy (non-hydrogen) atoms. The molecule has 3 aromatic rings. The predicted octanol–water partition coefficient (Wildman–Crippen LogP) is 6.88. The van der Waals surface area contributed by atoms with Gasteiger partial charge < -0.3 is 14.2 Å². The molecule has 0 amide bonds. The number of hydrogen-bond acceptors (Lipinski definition) is 6. The van der Waals surface area contributed by atoms with E-state index in [2.05, 4.69) is 19.7 Å². The van der Waals surface area contributed by atoms with Crippen molar-refractivity contribution in [3.05, 3.63) is 109 Å². The van der Waals surface area contributed by atoms with Crippen LogP contribution in [-0.2, 0) is 25.5 Å². The lowest BCUT2D eigenvalue weighted by Gasteiger charge is -2.15. The van der Waals surface area contributed by atoms with Crippen LogP contribution in [0.1, 0.15) is 37.5 Å². The Morgan fingerprint density at radius 1 is 0.900 bits per heavy atom. The molecule has 0 saturated carbocycles. The maximum Gasteiger partial charge on any atom is 0.338 e. The molecule has 0 heterocycles. The highest BCUT2D eigenvalue weighted by molar-refractivity contribution is 5.91. The zero-order valence-electron chi connectivity index (χ0n) is 22.4. The predicted molar refractivity (Wildman–Crippen MR) is 150 cm³/mol. The molecule has 0 aliphatic heterocycles. The molecule has 3 aromatic carbocycles. The summed E-state index contributed by atoms with van der Waals surface area (Å²) in [6, 6.07) is 14.9. The van der Waals surface area contributed by atoms with Gasteiger partial charge in [0.05, 0.1) is 6.10 Å². The number of aryl methyl sites for hydroxylation is 1. The Labute approximate surface area is 232 Å². The Balaban J connectivity index is 1.66. The first-order valence-electron chi connectivity index (χ1n) is 12.7. The zero-order chi connectivity index (χ0) is 29.0. The summed E-state index contributed by atoms with van der Waals surface area (Å²) in [5.74, 6) is -1.76. The Morgan fingerprint density at radius 2 is 1.55 bits per heavy atom. The van der Waals surface area contributed by atoms with E-state index in [1.807, 2.05) is 18.2 Å². The fraction of sp³-hybridized carbons (Fsp3) is 0.182. The Morgan fingerprint density at radius 3 is 2.23 bits per heavy atom. The average Bonchev–Trinajstić information content (AvgIpc) is 3.33. The van der Waals surface area contributed by atoms with Crippen molar-refractivity contribution in [3.63, 3.8) is 0 Å². The minimum Gasteiger partial charge on any atom is -0.423 e. The van der Waals surface area contributed by atoms with Gasteiger partial charge in [-0.15, -0.1) is 0 Å². The maximum atomic E-state index is 15.5. The third-order valence-corrected chi connectivity index (χ3v) is 6.48. The van der Waals surface area contributed by atoms with Crippen LogP contribution < -0.4 is 9.47 Å². The Bertz CT molecular complexity index is 1550. The molecule has 0 aromatic heterocycles. The van der Waals surface area contributed by atoms with Gasteiger partial charge in [-0.1, -0.05) is 44.0 Å². The van der Waals surface area contributed by atoms with Crippen molar-refractivity contribution in [1.29, 1.82) is 0 Å². The summed E-state index contributed by atoms with van der Waals surface area (Å²) < 4.78 is 32.1. The smallest absolute Gasteiger partial charge is 0.338 e. The number of carbonyl (C=O) groups excluding carboxylic acids is 3. The summed E-state index contributed by atoms with van der Waals surface area (Å²) in [5, 5.41) is 0. The summed E-state index contributed by atoms with van der Waals surface area (Å²) in [7, 11) is 0. The second-order valence-electron chi connectivity index (χ2n) is 9.61. The first kappa shape index (κ1) is 28.4. The first-order valence-corrected chi connectivity index (χ1v) is 12.7. The molecule has 6 nitrogen and oxygen atoms in total. The molecule has 7 heteroatoms. The van der Waals surface area contributed by atoms with Crippen LogP contribution >= 0.6 is 0 Å². The molecule has 1 atom stereocenters. The van der Waals surface area contributed by atoms with Crippen molar-refractivity contribution in [2.24, 2.45) is 0 Å². The third kappa shape index (κ3) is 6.33. The largest absolute Gasteiger partial charge is 0.423 e. The molecule has 4 rings (SSSR count).